The zero-order chi connectivity index (χ0) is 17.1. The first-order valence-electron chi connectivity index (χ1n) is 7.35. The molecule has 3 amide bonds. The molecule has 0 radical (unpaired) electrons. The van der Waals surface area contributed by atoms with E-state index >= 15 is 0 Å². The molecule has 0 aliphatic rings. The Labute approximate surface area is 138 Å². The van der Waals surface area contributed by atoms with Gasteiger partial charge in [0.05, 0.1) is 17.3 Å². The molecule has 3 aromatic rings. The molecular weight excluding hydrogens is 306 g/mol. The highest BCUT2D eigenvalue weighted by Crippen LogP contribution is 2.19. The quantitative estimate of drug-likeness (QED) is 0.692. The highest BCUT2D eigenvalue weighted by molar-refractivity contribution is 6.12. The van der Waals surface area contributed by atoms with E-state index in [2.05, 4.69) is 20.6 Å². The molecule has 2 aromatic heterocycles. The number of carbonyl (C=O) groups is 2. The topological polar surface area (TPSA) is 90.1 Å². The van der Waals surface area contributed by atoms with Crippen molar-refractivity contribution < 1.29 is 9.59 Å². The maximum atomic E-state index is 12.5. The molecule has 7 heteroatoms. The summed E-state index contributed by atoms with van der Waals surface area (Å²) in [5.41, 5.74) is 2.47. The summed E-state index contributed by atoms with van der Waals surface area (Å²) < 4.78 is 0. The summed E-state index contributed by atoms with van der Waals surface area (Å²) in [6, 6.07) is 8.57. The minimum absolute atomic E-state index is 0.236. The Morgan fingerprint density at radius 1 is 1.08 bits per heavy atom. The molecule has 3 rings (SSSR count). The average Bonchev–Trinajstić information content (AvgIpc) is 3.03. The Hall–Kier alpha value is -3.35. The van der Waals surface area contributed by atoms with Crippen LogP contribution in [0.15, 0.2) is 48.9 Å². The molecule has 0 bridgehead atoms. The van der Waals surface area contributed by atoms with Crippen LogP contribution in [-0.4, -0.2) is 40.9 Å². The number of rotatable bonds is 3. The van der Waals surface area contributed by atoms with Gasteiger partial charge < -0.3 is 20.5 Å². The second kappa shape index (κ2) is 6.41. The van der Waals surface area contributed by atoms with Gasteiger partial charge in [0.1, 0.15) is 0 Å². The number of H-pyrrole nitrogens is 1. The molecule has 122 valence electrons. The minimum atomic E-state index is -0.260. The van der Waals surface area contributed by atoms with Gasteiger partial charge in [-0.2, -0.15) is 0 Å². The highest BCUT2D eigenvalue weighted by atomic mass is 16.2. The number of anilines is 2. The molecule has 0 spiro atoms. The van der Waals surface area contributed by atoms with Crippen LogP contribution in [0, 0.1) is 0 Å². The first-order valence-corrected chi connectivity index (χ1v) is 7.35. The summed E-state index contributed by atoms with van der Waals surface area (Å²) >= 11 is 0. The first-order chi connectivity index (χ1) is 11.5. The molecule has 7 nitrogen and oxygen atoms in total. The Bertz CT molecular complexity index is 901. The number of aromatic amines is 1. The van der Waals surface area contributed by atoms with E-state index in [-0.39, 0.29) is 11.9 Å². The van der Waals surface area contributed by atoms with Crippen molar-refractivity contribution in [2.24, 2.45) is 0 Å². The molecule has 2 heterocycles. The van der Waals surface area contributed by atoms with Gasteiger partial charge in [-0.15, -0.1) is 0 Å². The zero-order valence-corrected chi connectivity index (χ0v) is 13.3. The molecule has 1 aromatic carbocycles. The summed E-state index contributed by atoms with van der Waals surface area (Å²) in [4.78, 5) is 32.7. The van der Waals surface area contributed by atoms with Crippen molar-refractivity contribution in [1.82, 2.24) is 14.9 Å². The van der Waals surface area contributed by atoms with Crippen LogP contribution in [0.4, 0.5) is 16.2 Å². The zero-order valence-electron chi connectivity index (χ0n) is 13.3. The number of urea groups is 1. The van der Waals surface area contributed by atoms with E-state index in [0.717, 1.165) is 10.9 Å². The van der Waals surface area contributed by atoms with Gasteiger partial charge >= 0.3 is 6.03 Å². The summed E-state index contributed by atoms with van der Waals surface area (Å²) in [5, 5.41) is 6.37. The number of fused-ring (bicyclic) bond motifs is 1. The smallest absolute Gasteiger partial charge is 0.321 e. The van der Waals surface area contributed by atoms with Crippen LogP contribution in [0.3, 0.4) is 0 Å². The predicted molar refractivity (Wildman–Crippen MR) is 93.2 cm³/mol. The van der Waals surface area contributed by atoms with Crippen LogP contribution >= 0.6 is 0 Å². The molecule has 0 saturated carbocycles. The van der Waals surface area contributed by atoms with Gasteiger partial charge in [-0.05, 0) is 24.3 Å². The maximum absolute atomic E-state index is 12.5. The summed E-state index contributed by atoms with van der Waals surface area (Å²) in [5.74, 6) is -0.260. The van der Waals surface area contributed by atoms with Crippen molar-refractivity contribution in [2.45, 2.75) is 0 Å². The molecule has 0 unspecified atom stereocenters. The van der Waals surface area contributed by atoms with E-state index in [9.17, 15) is 9.59 Å². The fourth-order valence-electron chi connectivity index (χ4n) is 2.27. The van der Waals surface area contributed by atoms with Crippen molar-refractivity contribution in [3.8, 4) is 0 Å². The number of hydrogen-bond donors (Lipinski definition) is 3. The van der Waals surface area contributed by atoms with Gasteiger partial charge in [-0.25, -0.2) is 4.79 Å². The Morgan fingerprint density at radius 2 is 1.83 bits per heavy atom. The fourth-order valence-corrected chi connectivity index (χ4v) is 2.27. The molecule has 0 aliphatic heterocycles. The van der Waals surface area contributed by atoms with E-state index in [1.54, 1.807) is 50.8 Å². The third kappa shape index (κ3) is 3.19. The van der Waals surface area contributed by atoms with Crippen molar-refractivity contribution in [3.05, 3.63) is 54.5 Å². The first kappa shape index (κ1) is 15.5. The van der Waals surface area contributed by atoms with Crippen LogP contribution in [0.25, 0.3) is 10.9 Å². The lowest BCUT2D eigenvalue weighted by Gasteiger charge is -2.13. The number of carbonyl (C=O) groups excluding carboxylic acids is 2. The summed E-state index contributed by atoms with van der Waals surface area (Å²) in [6.45, 7) is 0. The summed E-state index contributed by atoms with van der Waals surface area (Å²) in [6.07, 6.45) is 4.97. The van der Waals surface area contributed by atoms with E-state index in [1.165, 1.54) is 11.1 Å². The van der Waals surface area contributed by atoms with Crippen LogP contribution in [-0.2, 0) is 0 Å². The number of nitrogens with zero attached hydrogens (tertiary/aromatic N) is 2. The number of pyridine rings is 1. The number of hydrogen-bond acceptors (Lipinski definition) is 3. The van der Waals surface area contributed by atoms with Gasteiger partial charge in [0.25, 0.3) is 5.91 Å². The molecule has 3 N–H and O–H groups in total. The Balaban J connectivity index is 1.80. The lowest BCUT2D eigenvalue weighted by Crippen LogP contribution is -2.27. The number of amides is 3. The van der Waals surface area contributed by atoms with Gasteiger partial charge in [-0.1, -0.05) is 6.07 Å². The van der Waals surface area contributed by atoms with Crippen molar-refractivity contribution in [3.63, 3.8) is 0 Å². The largest absolute Gasteiger partial charge is 0.360 e. The van der Waals surface area contributed by atoms with Gasteiger partial charge in [-0.3, -0.25) is 9.78 Å². The molecule has 0 saturated heterocycles. The molecular formula is C17H17N5O2. The second-order valence-corrected chi connectivity index (χ2v) is 5.49. The molecule has 0 atom stereocenters. The van der Waals surface area contributed by atoms with Crippen molar-refractivity contribution in [1.29, 1.82) is 0 Å². The maximum Gasteiger partial charge on any atom is 0.321 e. The number of nitrogens with one attached hydrogen (secondary N) is 3. The van der Waals surface area contributed by atoms with Crippen LogP contribution < -0.4 is 10.6 Å². The number of aromatic nitrogens is 2. The molecule has 24 heavy (non-hydrogen) atoms. The fraction of sp³-hybridized carbons (Fsp3) is 0.118. The predicted octanol–water partition coefficient (Wildman–Crippen LogP) is 2.91. The monoisotopic (exact) mass is 323 g/mol. The third-order valence-corrected chi connectivity index (χ3v) is 3.50. The molecule has 0 fully saturated rings. The molecule has 0 aliphatic carbocycles. The highest BCUT2D eigenvalue weighted by Gasteiger charge is 2.12. The van der Waals surface area contributed by atoms with Crippen LogP contribution in [0.5, 0.6) is 0 Å². The lowest BCUT2D eigenvalue weighted by molar-refractivity contribution is 0.102. The van der Waals surface area contributed by atoms with Crippen LogP contribution in [0.1, 0.15) is 10.4 Å². The van der Waals surface area contributed by atoms with E-state index in [4.69, 9.17) is 0 Å². The van der Waals surface area contributed by atoms with Crippen molar-refractivity contribution in [2.75, 3.05) is 24.7 Å². The second-order valence-electron chi connectivity index (χ2n) is 5.49. The van der Waals surface area contributed by atoms with Crippen LogP contribution in [0.2, 0.25) is 0 Å². The SMILES string of the molecule is CN(C)C(=O)Nc1cccc(NC(=O)c2cncc3[nH]ccc23)c1. The Kier molecular flexibility index (Phi) is 4.15. The minimum Gasteiger partial charge on any atom is -0.360 e. The van der Waals surface area contributed by atoms with E-state index < -0.39 is 0 Å². The number of benzene rings is 1. The average molecular weight is 323 g/mol. The third-order valence-electron chi connectivity index (χ3n) is 3.50. The Morgan fingerprint density at radius 3 is 2.58 bits per heavy atom. The van der Waals surface area contributed by atoms with E-state index in [1.807, 2.05) is 6.07 Å². The van der Waals surface area contributed by atoms with Gasteiger partial charge in [0, 0.05) is 43.3 Å². The van der Waals surface area contributed by atoms with Gasteiger partial charge in [0.2, 0.25) is 0 Å². The normalized spacial score (nSPS) is 10.4. The van der Waals surface area contributed by atoms with E-state index in [0.29, 0.717) is 16.9 Å². The van der Waals surface area contributed by atoms with Crippen molar-refractivity contribution >= 4 is 34.2 Å². The van der Waals surface area contributed by atoms with Gasteiger partial charge in [0.15, 0.2) is 0 Å². The summed E-state index contributed by atoms with van der Waals surface area (Å²) in [7, 11) is 3.32. The standard InChI is InChI=1S/C17H17N5O2/c1-22(2)17(24)21-12-5-3-4-11(8-12)20-16(23)14-9-18-10-15-13(14)6-7-19-15/h3-10,19H,1-2H3,(H,20,23)(H,21,24). The lowest BCUT2D eigenvalue weighted by atomic mass is 10.1.